The summed E-state index contributed by atoms with van der Waals surface area (Å²) in [5, 5.41) is 7.45. The maximum absolute atomic E-state index is 13.7. The first-order valence-corrected chi connectivity index (χ1v) is 10.9. The van der Waals surface area contributed by atoms with Crippen LogP contribution in [0.15, 0.2) is 0 Å². The first-order chi connectivity index (χ1) is 12.6. The molecule has 5 fully saturated rings. The van der Waals surface area contributed by atoms with Gasteiger partial charge in [-0.3, -0.25) is 9.89 Å². The molecule has 1 amide bonds. The largest absolute Gasteiger partial charge is 0.341 e. The van der Waals surface area contributed by atoms with Crippen LogP contribution >= 0.6 is 12.2 Å². The Morgan fingerprint density at radius 2 is 1.88 bits per heavy atom. The van der Waals surface area contributed by atoms with Crippen molar-refractivity contribution in [2.75, 3.05) is 13.1 Å². The average Bonchev–Trinajstić information content (AvgIpc) is 3.00. The highest BCUT2D eigenvalue weighted by atomic mass is 32.1. The molecule has 142 valence electrons. The van der Waals surface area contributed by atoms with Crippen LogP contribution < -0.4 is 0 Å². The first-order valence-electron chi connectivity index (χ1n) is 10.5. The van der Waals surface area contributed by atoms with Crippen molar-refractivity contribution in [2.24, 2.45) is 23.2 Å². The summed E-state index contributed by atoms with van der Waals surface area (Å²) < 4.78 is 2.80. The van der Waals surface area contributed by atoms with Gasteiger partial charge in [-0.25, -0.2) is 0 Å². The van der Waals surface area contributed by atoms with Gasteiger partial charge in [-0.2, -0.15) is 5.10 Å². The van der Waals surface area contributed by atoms with Crippen LogP contribution in [0.5, 0.6) is 0 Å². The van der Waals surface area contributed by atoms with Gasteiger partial charge in [0, 0.05) is 25.6 Å². The second-order valence-electron chi connectivity index (χ2n) is 9.42. The smallest absolute Gasteiger partial charge is 0.228 e. The molecule has 4 bridgehead atoms. The lowest BCUT2D eigenvalue weighted by atomic mass is 9.49. The van der Waals surface area contributed by atoms with E-state index in [1.54, 1.807) is 0 Å². The van der Waals surface area contributed by atoms with Gasteiger partial charge in [0.15, 0.2) is 4.77 Å². The molecule has 2 heterocycles. The quantitative estimate of drug-likeness (QED) is 0.817. The number of hydrogen-bond acceptors (Lipinski definition) is 3. The van der Waals surface area contributed by atoms with E-state index in [0.29, 0.717) is 16.6 Å². The van der Waals surface area contributed by atoms with Crippen LogP contribution in [0.4, 0.5) is 0 Å². The van der Waals surface area contributed by atoms with Crippen LogP contribution in [0.25, 0.3) is 0 Å². The zero-order valence-corrected chi connectivity index (χ0v) is 16.6. The van der Waals surface area contributed by atoms with E-state index in [9.17, 15) is 4.79 Å². The van der Waals surface area contributed by atoms with Gasteiger partial charge in [0.2, 0.25) is 5.91 Å². The van der Waals surface area contributed by atoms with Crippen LogP contribution in [0, 0.1) is 27.9 Å². The maximum Gasteiger partial charge on any atom is 0.228 e. The number of carbonyl (C=O) groups is 1. The van der Waals surface area contributed by atoms with E-state index < -0.39 is 0 Å². The molecule has 6 heteroatoms. The van der Waals surface area contributed by atoms with Crippen molar-refractivity contribution < 1.29 is 4.79 Å². The highest BCUT2D eigenvalue weighted by Crippen LogP contribution is 2.60. The first kappa shape index (κ1) is 17.0. The fourth-order valence-electron chi connectivity index (χ4n) is 7.03. The van der Waals surface area contributed by atoms with E-state index in [4.69, 9.17) is 12.2 Å². The lowest BCUT2D eigenvalue weighted by Crippen LogP contribution is -2.56. The highest BCUT2D eigenvalue weighted by molar-refractivity contribution is 7.71. The number of rotatable bonds is 3. The summed E-state index contributed by atoms with van der Waals surface area (Å²) in [7, 11) is 0. The predicted molar refractivity (Wildman–Crippen MR) is 102 cm³/mol. The Morgan fingerprint density at radius 3 is 2.50 bits per heavy atom. The van der Waals surface area contributed by atoms with Crippen molar-refractivity contribution in [3.8, 4) is 0 Å². The number of aromatic nitrogens is 3. The highest BCUT2D eigenvalue weighted by Gasteiger charge is 2.55. The molecular weight excluding hydrogens is 344 g/mol. The van der Waals surface area contributed by atoms with Crippen LogP contribution in [0.2, 0.25) is 0 Å². The van der Waals surface area contributed by atoms with E-state index in [-0.39, 0.29) is 5.41 Å². The summed E-state index contributed by atoms with van der Waals surface area (Å²) in [5.41, 5.74) is -0.0217. The SMILES string of the molecule is CCn1c(C2CCCN(C(=O)C34CC5CC(CC(C5)C3)C4)C2)n[nH]c1=S. The molecule has 1 atom stereocenters. The van der Waals surface area contributed by atoms with E-state index in [1.807, 2.05) is 0 Å². The number of piperidine rings is 1. The number of aromatic amines is 1. The van der Waals surface area contributed by atoms with Gasteiger partial charge in [0.05, 0.1) is 5.41 Å². The molecule has 4 saturated carbocycles. The molecule has 5 aliphatic rings. The van der Waals surface area contributed by atoms with Gasteiger partial charge in [0.1, 0.15) is 5.82 Å². The zero-order valence-electron chi connectivity index (χ0n) is 15.7. The minimum absolute atomic E-state index is 0.0217. The molecule has 1 N–H and O–H groups in total. The van der Waals surface area contributed by atoms with Gasteiger partial charge < -0.3 is 9.47 Å². The van der Waals surface area contributed by atoms with Crippen LogP contribution in [-0.4, -0.2) is 38.7 Å². The number of likely N-dealkylation sites (tertiary alicyclic amines) is 1. The standard InChI is InChI=1S/C20H30N4OS/c1-2-24-17(21-22-19(24)26)16-4-3-5-23(12-16)18(25)20-9-13-6-14(10-20)8-15(7-13)11-20/h13-16H,2-12H2,1H3,(H,22,26). The van der Waals surface area contributed by atoms with Crippen molar-refractivity contribution >= 4 is 18.1 Å². The third kappa shape index (κ3) is 2.59. The zero-order chi connectivity index (χ0) is 17.9. The number of amides is 1. The van der Waals surface area contributed by atoms with Gasteiger partial charge in [-0.15, -0.1) is 0 Å². The predicted octanol–water partition coefficient (Wildman–Crippen LogP) is 3.88. The minimum Gasteiger partial charge on any atom is -0.341 e. The van der Waals surface area contributed by atoms with Crippen molar-refractivity contribution in [1.29, 1.82) is 0 Å². The van der Waals surface area contributed by atoms with E-state index >= 15 is 0 Å². The lowest BCUT2D eigenvalue weighted by molar-refractivity contribution is -0.159. The van der Waals surface area contributed by atoms with Gasteiger partial charge >= 0.3 is 0 Å². The molecule has 1 unspecified atom stereocenters. The van der Waals surface area contributed by atoms with Crippen LogP contribution in [0.1, 0.15) is 70.0 Å². The third-order valence-electron chi connectivity index (χ3n) is 7.67. The van der Waals surface area contributed by atoms with Crippen molar-refractivity contribution in [1.82, 2.24) is 19.7 Å². The molecule has 0 spiro atoms. The normalized spacial score (nSPS) is 38.7. The molecule has 1 aromatic rings. The van der Waals surface area contributed by atoms with E-state index in [2.05, 4.69) is 26.6 Å². The van der Waals surface area contributed by atoms with Crippen molar-refractivity contribution in [3.63, 3.8) is 0 Å². The van der Waals surface area contributed by atoms with Gasteiger partial charge in [-0.05, 0) is 88.3 Å². The topological polar surface area (TPSA) is 53.9 Å². The molecule has 6 rings (SSSR count). The second kappa shape index (κ2) is 6.18. The molecule has 5 nitrogen and oxygen atoms in total. The molecule has 4 aliphatic carbocycles. The fraction of sp³-hybridized carbons (Fsp3) is 0.850. The second-order valence-corrected chi connectivity index (χ2v) is 9.81. The Kier molecular flexibility index (Phi) is 4.03. The number of carbonyl (C=O) groups excluding carboxylic acids is 1. The minimum atomic E-state index is -0.0217. The Hall–Kier alpha value is -1.17. The lowest BCUT2D eigenvalue weighted by Gasteiger charge is -2.57. The Bertz CT molecular complexity index is 731. The molecule has 0 aromatic carbocycles. The summed E-state index contributed by atoms with van der Waals surface area (Å²) in [4.78, 5) is 15.9. The van der Waals surface area contributed by atoms with Gasteiger partial charge in [0.25, 0.3) is 0 Å². The number of nitrogens with one attached hydrogen (secondary N) is 1. The summed E-state index contributed by atoms with van der Waals surface area (Å²) in [6.07, 6.45) is 9.82. The van der Waals surface area contributed by atoms with E-state index in [1.165, 1.54) is 19.3 Å². The number of H-pyrrole nitrogens is 1. The molecular formula is C20H30N4OS. The Morgan fingerprint density at radius 1 is 1.23 bits per heavy atom. The van der Waals surface area contributed by atoms with Crippen molar-refractivity contribution in [3.05, 3.63) is 10.6 Å². The fourth-order valence-corrected chi connectivity index (χ4v) is 7.30. The molecule has 1 saturated heterocycles. The van der Waals surface area contributed by atoms with E-state index in [0.717, 1.165) is 75.3 Å². The summed E-state index contributed by atoms with van der Waals surface area (Å²) in [5.74, 6) is 4.29. The molecule has 1 aliphatic heterocycles. The Labute approximate surface area is 160 Å². The average molecular weight is 375 g/mol. The van der Waals surface area contributed by atoms with Crippen molar-refractivity contribution in [2.45, 2.75) is 70.8 Å². The maximum atomic E-state index is 13.7. The summed E-state index contributed by atoms with van der Waals surface area (Å²) in [6, 6.07) is 0. The van der Waals surface area contributed by atoms with Crippen LogP contribution in [-0.2, 0) is 11.3 Å². The summed E-state index contributed by atoms with van der Waals surface area (Å²) >= 11 is 5.36. The number of hydrogen-bond donors (Lipinski definition) is 1. The monoisotopic (exact) mass is 374 g/mol. The Balaban J connectivity index is 1.37. The molecule has 1 aromatic heterocycles. The number of nitrogens with zero attached hydrogens (tertiary/aromatic N) is 3. The third-order valence-corrected chi connectivity index (χ3v) is 7.98. The van der Waals surface area contributed by atoms with Gasteiger partial charge in [-0.1, -0.05) is 0 Å². The van der Waals surface area contributed by atoms with Crippen LogP contribution in [0.3, 0.4) is 0 Å². The molecule has 0 radical (unpaired) electrons. The summed E-state index contributed by atoms with van der Waals surface area (Å²) in [6.45, 7) is 4.69. The molecule has 26 heavy (non-hydrogen) atoms.